The largest absolute Gasteiger partial charge is 1.00 e. The van der Waals surface area contributed by atoms with Crippen LogP contribution in [0.2, 0.25) is 0 Å². The van der Waals surface area contributed by atoms with Crippen molar-refractivity contribution in [2.75, 3.05) is 20.1 Å². The molecule has 0 amide bonds. The van der Waals surface area contributed by atoms with E-state index >= 15 is 0 Å². The minimum Gasteiger partial charge on any atom is -1.00 e. The van der Waals surface area contributed by atoms with E-state index in [2.05, 4.69) is 32.2 Å². The van der Waals surface area contributed by atoms with Gasteiger partial charge in [0, 0.05) is 24.0 Å². The normalized spacial score (nSPS) is 23.8. The van der Waals surface area contributed by atoms with Crippen LogP contribution in [-0.2, 0) is 12.8 Å². The van der Waals surface area contributed by atoms with Crippen molar-refractivity contribution in [3.8, 4) is 22.6 Å². The van der Waals surface area contributed by atoms with E-state index in [1.807, 2.05) is 6.07 Å². The number of nitrogens with zero attached hydrogens (tertiary/aromatic N) is 1. The van der Waals surface area contributed by atoms with Crippen molar-refractivity contribution >= 4 is 0 Å². The van der Waals surface area contributed by atoms with Crippen LogP contribution < -0.4 is 24.0 Å². The quantitative estimate of drug-likeness (QED) is 0.414. The number of fused-ring (bicyclic) bond motifs is 2. The van der Waals surface area contributed by atoms with Crippen LogP contribution in [0.3, 0.4) is 0 Å². The second-order valence-electron chi connectivity index (χ2n) is 7.24. The predicted molar refractivity (Wildman–Crippen MR) is 91.6 cm³/mol. The molecule has 1 heterocycles. The summed E-state index contributed by atoms with van der Waals surface area (Å²) in [5.41, 5.74) is 5.90. The molecule has 1 aliphatic carbocycles. The lowest BCUT2D eigenvalue weighted by Crippen LogP contribution is -3.00. The highest BCUT2D eigenvalue weighted by Crippen LogP contribution is 2.51. The number of quaternary nitrogens is 1. The maximum absolute atomic E-state index is 10.4. The van der Waals surface area contributed by atoms with Crippen LogP contribution in [0.4, 0.5) is 0 Å². The van der Waals surface area contributed by atoms with Crippen molar-refractivity contribution in [2.24, 2.45) is 0 Å². The molecule has 128 valence electrons. The summed E-state index contributed by atoms with van der Waals surface area (Å²) in [7, 11) is 2.37. The molecule has 0 saturated heterocycles. The number of benzene rings is 2. The lowest BCUT2D eigenvalue weighted by atomic mass is 9.75. The minimum absolute atomic E-state index is 0. The second kappa shape index (κ2) is 6.23. The molecular weight excluding hydrogens is 413 g/mol. The van der Waals surface area contributed by atoms with Crippen molar-refractivity contribution in [2.45, 2.75) is 32.2 Å². The Bertz CT molecular complexity index is 789. The third-order valence-electron chi connectivity index (χ3n) is 5.83. The van der Waals surface area contributed by atoms with E-state index in [0.29, 0.717) is 6.04 Å². The number of rotatable bonds is 2. The second-order valence-corrected chi connectivity index (χ2v) is 7.24. The molecule has 0 fully saturated rings. The van der Waals surface area contributed by atoms with Crippen molar-refractivity contribution in [1.29, 1.82) is 0 Å². The Morgan fingerprint density at radius 2 is 1.92 bits per heavy atom. The topological polar surface area (TPSA) is 40.5 Å². The highest BCUT2D eigenvalue weighted by Gasteiger charge is 2.43. The Kier molecular flexibility index (Phi) is 4.55. The molecule has 4 rings (SSSR count). The highest BCUT2D eigenvalue weighted by molar-refractivity contribution is 5.82. The molecule has 0 spiro atoms. The number of hydrogen-bond donors (Lipinski definition) is 2. The first-order valence-electron chi connectivity index (χ1n) is 8.55. The van der Waals surface area contributed by atoms with Gasteiger partial charge in [0.05, 0.1) is 20.1 Å². The zero-order valence-electron chi connectivity index (χ0n) is 14.2. The van der Waals surface area contributed by atoms with E-state index in [-0.39, 0.29) is 35.5 Å². The summed E-state index contributed by atoms with van der Waals surface area (Å²) in [6, 6.07) is 10.5. The van der Waals surface area contributed by atoms with E-state index < -0.39 is 0 Å². The summed E-state index contributed by atoms with van der Waals surface area (Å²) in [4.78, 5) is 0. The summed E-state index contributed by atoms with van der Waals surface area (Å²) >= 11 is 0. The maximum Gasteiger partial charge on any atom is 0.165 e. The standard InChI is InChI=1S/C20H23NO2.HI/c1-3-10-21(2)11-9-13-5-4-6-15-18(13)16(21)12-14-7-8-17(22)20(23)19(14)15;/h4-8,16H,3,9-12H2,1-2H3,(H-,22,23);1H. The van der Waals surface area contributed by atoms with E-state index in [4.69, 9.17) is 0 Å². The first-order chi connectivity index (χ1) is 11.0. The number of aromatic hydroxyl groups is 2. The highest BCUT2D eigenvalue weighted by atomic mass is 127. The number of phenolic OH excluding ortho intramolecular Hbond substituents is 2. The van der Waals surface area contributed by atoms with Crippen molar-refractivity contribution in [3.05, 3.63) is 47.0 Å². The number of hydrogen-bond acceptors (Lipinski definition) is 2. The summed E-state index contributed by atoms with van der Waals surface area (Å²) in [5.74, 6) is 0.00559. The van der Waals surface area contributed by atoms with Crippen LogP contribution in [0, 0.1) is 0 Å². The molecule has 4 heteroatoms. The average molecular weight is 437 g/mol. The summed E-state index contributed by atoms with van der Waals surface area (Å²) in [5, 5.41) is 20.4. The first kappa shape index (κ1) is 17.5. The van der Waals surface area contributed by atoms with Crippen LogP contribution in [0.1, 0.15) is 36.1 Å². The molecular formula is C20H24INO2. The van der Waals surface area contributed by atoms with Gasteiger partial charge in [0.1, 0.15) is 6.04 Å². The zero-order valence-corrected chi connectivity index (χ0v) is 16.4. The lowest BCUT2D eigenvalue weighted by molar-refractivity contribution is -0.941. The van der Waals surface area contributed by atoms with Gasteiger partial charge in [-0.2, -0.15) is 0 Å². The molecule has 2 N–H and O–H groups in total. The van der Waals surface area contributed by atoms with E-state index in [1.54, 1.807) is 6.07 Å². The van der Waals surface area contributed by atoms with Crippen LogP contribution >= 0.6 is 0 Å². The van der Waals surface area contributed by atoms with Crippen LogP contribution in [0.25, 0.3) is 11.1 Å². The first-order valence-corrected chi connectivity index (χ1v) is 8.55. The molecule has 1 aliphatic heterocycles. The fourth-order valence-electron chi connectivity index (χ4n) is 4.69. The molecule has 0 bridgehead atoms. The molecule has 24 heavy (non-hydrogen) atoms. The summed E-state index contributed by atoms with van der Waals surface area (Å²) in [6.45, 7) is 4.61. The Morgan fingerprint density at radius 3 is 2.67 bits per heavy atom. The molecule has 0 radical (unpaired) electrons. The van der Waals surface area contributed by atoms with Gasteiger partial charge >= 0.3 is 0 Å². The van der Waals surface area contributed by atoms with Crippen molar-refractivity contribution < 1.29 is 38.7 Å². The van der Waals surface area contributed by atoms with Gasteiger partial charge in [-0.25, -0.2) is 0 Å². The van der Waals surface area contributed by atoms with Gasteiger partial charge in [-0.1, -0.05) is 31.2 Å². The van der Waals surface area contributed by atoms with Crippen LogP contribution in [0.15, 0.2) is 30.3 Å². The zero-order chi connectivity index (χ0) is 16.2. The fraction of sp³-hybridized carbons (Fsp3) is 0.400. The van der Waals surface area contributed by atoms with Gasteiger partial charge in [0.15, 0.2) is 11.5 Å². The SMILES string of the molecule is CCC[N+]1(C)CCc2cccc3c2C1Cc1ccc(O)c(O)c1-3.[I-]. The van der Waals surface area contributed by atoms with Gasteiger partial charge in [-0.3, -0.25) is 0 Å². The molecule has 0 aromatic heterocycles. The average Bonchev–Trinajstić information content (AvgIpc) is 2.55. The number of phenols is 2. The third-order valence-corrected chi connectivity index (χ3v) is 5.83. The van der Waals surface area contributed by atoms with E-state index in [0.717, 1.165) is 34.0 Å². The fourth-order valence-corrected chi connectivity index (χ4v) is 4.69. The molecule has 2 aromatic rings. The van der Waals surface area contributed by atoms with Gasteiger partial charge in [0.2, 0.25) is 0 Å². The van der Waals surface area contributed by atoms with E-state index in [1.165, 1.54) is 30.6 Å². The predicted octanol–water partition coefficient (Wildman–Crippen LogP) is 0.779. The smallest absolute Gasteiger partial charge is 0.165 e. The van der Waals surface area contributed by atoms with Crippen molar-refractivity contribution in [1.82, 2.24) is 0 Å². The maximum atomic E-state index is 10.4. The Labute approximate surface area is 160 Å². The Morgan fingerprint density at radius 1 is 1.12 bits per heavy atom. The van der Waals surface area contributed by atoms with Gasteiger partial charge in [0.25, 0.3) is 0 Å². The molecule has 2 unspecified atom stereocenters. The monoisotopic (exact) mass is 437 g/mol. The van der Waals surface area contributed by atoms with Gasteiger partial charge in [-0.05, 0) is 29.2 Å². The molecule has 2 aromatic carbocycles. The Hall–Kier alpha value is -1.27. The molecule has 3 nitrogen and oxygen atoms in total. The van der Waals surface area contributed by atoms with Crippen molar-refractivity contribution in [3.63, 3.8) is 0 Å². The van der Waals surface area contributed by atoms with Crippen LogP contribution in [-0.4, -0.2) is 34.8 Å². The molecule has 0 saturated carbocycles. The Balaban J connectivity index is 0.00000169. The minimum atomic E-state index is -0.0265. The number of likely N-dealkylation sites (N-methyl/N-ethyl adjacent to an activating group) is 1. The molecule has 2 atom stereocenters. The van der Waals surface area contributed by atoms with E-state index in [9.17, 15) is 10.2 Å². The molecule has 2 aliphatic rings. The van der Waals surface area contributed by atoms with Gasteiger partial charge < -0.3 is 38.7 Å². The summed E-state index contributed by atoms with van der Waals surface area (Å²) < 4.78 is 1.07. The third kappa shape index (κ3) is 2.42. The summed E-state index contributed by atoms with van der Waals surface area (Å²) in [6.07, 6.45) is 3.20. The number of halogens is 1. The lowest BCUT2D eigenvalue weighted by Gasteiger charge is -2.48. The van der Waals surface area contributed by atoms with Gasteiger partial charge in [-0.15, -0.1) is 0 Å². The van der Waals surface area contributed by atoms with Crippen LogP contribution in [0.5, 0.6) is 11.5 Å².